The van der Waals surface area contributed by atoms with Crippen LogP contribution in [-0.4, -0.2) is 51.0 Å². The monoisotopic (exact) mass is 281 g/mol. The zero-order chi connectivity index (χ0) is 13.8. The standard InChI is InChI=1S/C12H15N3O3S/c13-9-2-1-3-14-11(9)12(18)15-4-5-19-7-8(15)6-10(16)17/h1-3,8H,4-7,13H2,(H,16,17). The molecule has 1 aromatic rings. The Morgan fingerprint density at radius 3 is 3.05 bits per heavy atom. The van der Waals surface area contributed by atoms with Crippen LogP contribution in [0.15, 0.2) is 18.3 Å². The first-order valence-corrected chi connectivity index (χ1v) is 7.06. The second kappa shape index (κ2) is 5.92. The third-order valence-corrected chi connectivity index (χ3v) is 4.03. The number of anilines is 1. The van der Waals surface area contributed by atoms with Gasteiger partial charge in [0.05, 0.1) is 18.2 Å². The fourth-order valence-electron chi connectivity index (χ4n) is 2.03. The van der Waals surface area contributed by atoms with Crippen LogP contribution in [-0.2, 0) is 4.79 Å². The van der Waals surface area contributed by atoms with Crippen LogP contribution in [0.2, 0.25) is 0 Å². The van der Waals surface area contributed by atoms with E-state index < -0.39 is 5.97 Å². The summed E-state index contributed by atoms with van der Waals surface area (Å²) in [4.78, 5) is 28.8. The Labute approximate surface area is 115 Å². The van der Waals surface area contributed by atoms with Gasteiger partial charge in [0.25, 0.3) is 5.91 Å². The first kappa shape index (κ1) is 13.7. The van der Waals surface area contributed by atoms with E-state index >= 15 is 0 Å². The number of carboxylic acid groups (broad SMARTS) is 1. The van der Waals surface area contributed by atoms with Crippen molar-refractivity contribution in [3.8, 4) is 0 Å². The summed E-state index contributed by atoms with van der Waals surface area (Å²) >= 11 is 1.66. The molecule has 6 nitrogen and oxygen atoms in total. The van der Waals surface area contributed by atoms with E-state index in [0.29, 0.717) is 18.0 Å². The topological polar surface area (TPSA) is 96.5 Å². The second-order valence-corrected chi connectivity index (χ2v) is 5.42. The molecule has 0 aromatic carbocycles. The fourth-order valence-corrected chi connectivity index (χ4v) is 3.09. The molecule has 2 heterocycles. The van der Waals surface area contributed by atoms with Crippen LogP contribution in [0.4, 0.5) is 5.69 Å². The number of carbonyl (C=O) groups excluding carboxylic acids is 1. The molecule has 0 spiro atoms. The van der Waals surface area contributed by atoms with Crippen molar-refractivity contribution in [2.24, 2.45) is 0 Å². The number of rotatable bonds is 3. The Bertz CT molecular complexity index is 495. The molecule has 1 aliphatic heterocycles. The van der Waals surface area contributed by atoms with E-state index in [1.807, 2.05) is 0 Å². The summed E-state index contributed by atoms with van der Waals surface area (Å²) in [6.07, 6.45) is 1.46. The van der Waals surface area contributed by atoms with E-state index in [1.165, 1.54) is 6.20 Å². The van der Waals surface area contributed by atoms with E-state index in [2.05, 4.69) is 4.98 Å². The molecular weight excluding hydrogens is 266 g/mol. The Kier molecular flexibility index (Phi) is 4.26. The molecule has 3 N–H and O–H groups in total. The normalized spacial score (nSPS) is 19.2. The number of aromatic nitrogens is 1. The maximum Gasteiger partial charge on any atom is 0.305 e. The lowest BCUT2D eigenvalue weighted by Crippen LogP contribution is -2.47. The van der Waals surface area contributed by atoms with Gasteiger partial charge in [-0.25, -0.2) is 4.98 Å². The quantitative estimate of drug-likeness (QED) is 0.846. The Morgan fingerprint density at radius 2 is 2.37 bits per heavy atom. The average Bonchev–Trinajstić information content (AvgIpc) is 2.38. The first-order chi connectivity index (χ1) is 9.09. The molecule has 1 aliphatic rings. The minimum Gasteiger partial charge on any atom is -0.481 e. The third-order valence-electron chi connectivity index (χ3n) is 2.94. The van der Waals surface area contributed by atoms with Gasteiger partial charge in [-0.05, 0) is 12.1 Å². The lowest BCUT2D eigenvalue weighted by Gasteiger charge is -2.34. The molecule has 1 amide bonds. The number of thioether (sulfide) groups is 1. The van der Waals surface area contributed by atoms with Crippen LogP contribution in [0.3, 0.4) is 0 Å². The zero-order valence-corrected chi connectivity index (χ0v) is 11.1. The Morgan fingerprint density at radius 1 is 1.58 bits per heavy atom. The summed E-state index contributed by atoms with van der Waals surface area (Å²) in [5, 5.41) is 8.90. The maximum atomic E-state index is 12.4. The number of hydrogen-bond donors (Lipinski definition) is 2. The zero-order valence-electron chi connectivity index (χ0n) is 10.3. The highest BCUT2D eigenvalue weighted by molar-refractivity contribution is 7.99. The number of nitrogens with two attached hydrogens (primary N) is 1. The van der Waals surface area contributed by atoms with E-state index in [-0.39, 0.29) is 24.1 Å². The van der Waals surface area contributed by atoms with Crippen LogP contribution >= 0.6 is 11.8 Å². The summed E-state index contributed by atoms with van der Waals surface area (Å²) < 4.78 is 0. The number of aliphatic carboxylic acids is 1. The number of carbonyl (C=O) groups is 2. The van der Waals surface area contributed by atoms with Crippen molar-refractivity contribution in [2.75, 3.05) is 23.8 Å². The van der Waals surface area contributed by atoms with E-state index in [4.69, 9.17) is 10.8 Å². The molecule has 1 unspecified atom stereocenters. The van der Waals surface area contributed by atoms with Crippen LogP contribution in [0.5, 0.6) is 0 Å². The molecular formula is C12H15N3O3S. The van der Waals surface area contributed by atoms with Crippen molar-refractivity contribution in [2.45, 2.75) is 12.5 Å². The van der Waals surface area contributed by atoms with E-state index in [9.17, 15) is 9.59 Å². The van der Waals surface area contributed by atoms with Gasteiger partial charge in [-0.1, -0.05) is 0 Å². The van der Waals surface area contributed by atoms with Crippen LogP contribution in [0.1, 0.15) is 16.9 Å². The molecule has 0 saturated carbocycles. The predicted octanol–water partition coefficient (Wildman–Crippen LogP) is 0.696. The number of carboxylic acids is 1. The average molecular weight is 281 g/mol. The van der Waals surface area contributed by atoms with Crippen LogP contribution in [0, 0.1) is 0 Å². The van der Waals surface area contributed by atoms with Gasteiger partial charge in [0.2, 0.25) is 0 Å². The Hall–Kier alpha value is -1.76. The highest BCUT2D eigenvalue weighted by atomic mass is 32.2. The van der Waals surface area contributed by atoms with Gasteiger partial charge in [-0.2, -0.15) is 11.8 Å². The molecule has 1 aromatic heterocycles. The third kappa shape index (κ3) is 3.17. The fraction of sp³-hybridized carbons (Fsp3) is 0.417. The smallest absolute Gasteiger partial charge is 0.305 e. The molecule has 0 radical (unpaired) electrons. The minimum absolute atomic E-state index is 0.0501. The number of nitrogens with zero attached hydrogens (tertiary/aromatic N) is 2. The molecule has 102 valence electrons. The van der Waals surface area contributed by atoms with Crippen molar-refractivity contribution in [3.05, 3.63) is 24.0 Å². The van der Waals surface area contributed by atoms with Gasteiger partial charge in [0, 0.05) is 24.2 Å². The van der Waals surface area contributed by atoms with Crippen molar-refractivity contribution in [1.82, 2.24) is 9.88 Å². The van der Waals surface area contributed by atoms with Gasteiger partial charge in [0.15, 0.2) is 5.69 Å². The van der Waals surface area contributed by atoms with Gasteiger partial charge in [-0.15, -0.1) is 0 Å². The highest BCUT2D eigenvalue weighted by Crippen LogP contribution is 2.22. The summed E-state index contributed by atoms with van der Waals surface area (Å²) in [6.45, 7) is 0.525. The lowest BCUT2D eigenvalue weighted by molar-refractivity contribution is -0.138. The van der Waals surface area contributed by atoms with Gasteiger partial charge in [-0.3, -0.25) is 9.59 Å². The molecule has 1 atom stereocenters. The van der Waals surface area contributed by atoms with Crippen LogP contribution < -0.4 is 5.73 Å². The second-order valence-electron chi connectivity index (χ2n) is 4.27. The summed E-state index contributed by atoms with van der Waals surface area (Å²) in [7, 11) is 0. The van der Waals surface area contributed by atoms with E-state index in [0.717, 1.165) is 5.75 Å². The molecule has 1 saturated heterocycles. The van der Waals surface area contributed by atoms with Crippen molar-refractivity contribution in [3.63, 3.8) is 0 Å². The summed E-state index contributed by atoms with van der Waals surface area (Å²) in [6, 6.07) is 2.98. The molecule has 1 fully saturated rings. The molecule has 0 bridgehead atoms. The molecule has 2 rings (SSSR count). The number of pyridine rings is 1. The lowest BCUT2D eigenvalue weighted by atomic mass is 10.1. The predicted molar refractivity (Wildman–Crippen MR) is 73.1 cm³/mol. The SMILES string of the molecule is Nc1cccnc1C(=O)N1CCSCC1CC(=O)O. The number of hydrogen-bond acceptors (Lipinski definition) is 5. The first-order valence-electron chi connectivity index (χ1n) is 5.90. The number of nitrogen functional groups attached to an aromatic ring is 1. The van der Waals surface area contributed by atoms with Crippen molar-refractivity contribution in [1.29, 1.82) is 0 Å². The van der Waals surface area contributed by atoms with Gasteiger partial charge < -0.3 is 15.7 Å². The van der Waals surface area contributed by atoms with Crippen LogP contribution in [0.25, 0.3) is 0 Å². The molecule has 7 heteroatoms. The largest absolute Gasteiger partial charge is 0.481 e. The Balaban J connectivity index is 2.20. The summed E-state index contributed by atoms with van der Waals surface area (Å²) in [5.41, 5.74) is 6.26. The molecule has 0 aliphatic carbocycles. The van der Waals surface area contributed by atoms with Gasteiger partial charge >= 0.3 is 5.97 Å². The number of amides is 1. The summed E-state index contributed by atoms with van der Waals surface area (Å²) in [5.74, 6) is 0.239. The van der Waals surface area contributed by atoms with Gasteiger partial charge in [0.1, 0.15) is 0 Å². The molecule has 19 heavy (non-hydrogen) atoms. The van der Waals surface area contributed by atoms with Crippen molar-refractivity contribution >= 4 is 29.3 Å². The minimum atomic E-state index is -0.903. The van der Waals surface area contributed by atoms with E-state index in [1.54, 1.807) is 28.8 Å². The highest BCUT2D eigenvalue weighted by Gasteiger charge is 2.30. The van der Waals surface area contributed by atoms with Crippen molar-refractivity contribution < 1.29 is 14.7 Å². The maximum absolute atomic E-state index is 12.4.